The fourth-order valence-electron chi connectivity index (χ4n) is 3.49. The highest BCUT2D eigenvalue weighted by Gasteiger charge is 2.22. The van der Waals surface area contributed by atoms with Gasteiger partial charge in [-0.25, -0.2) is 0 Å². The molecule has 0 bridgehead atoms. The molecular weight excluding hydrogens is 432 g/mol. The minimum absolute atomic E-state index is 0.0401. The molecule has 1 unspecified atom stereocenters. The number of carbonyl (C=O) groups excluding carboxylic acids is 1. The summed E-state index contributed by atoms with van der Waals surface area (Å²) in [7, 11) is 0. The van der Waals surface area contributed by atoms with Crippen molar-refractivity contribution in [3.8, 4) is 0 Å². The van der Waals surface area contributed by atoms with E-state index in [1.54, 1.807) is 28.8 Å². The Labute approximate surface area is 189 Å². The lowest BCUT2D eigenvalue weighted by molar-refractivity contribution is 0.0994. The summed E-state index contributed by atoms with van der Waals surface area (Å²) in [6.07, 6.45) is 0.854. The van der Waals surface area contributed by atoms with Crippen LogP contribution in [0.1, 0.15) is 37.6 Å². The number of aryl methyl sites for hydroxylation is 1. The SMILES string of the molecule is CC(C)CCn1c(=O)c2ccccc2n2c(SC(C)C(=O)c3cccc(Cl)c3)nnc12. The zero-order valence-electron chi connectivity index (χ0n) is 17.6. The van der Waals surface area contributed by atoms with Crippen LogP contribution in [0.2, 0.25) is 5.02 Å². The van der Waals surface area contributed by atoms with Crippen molar-refractivity contribution in [2.24, 2.45) is 5.92 Å². The van der Waals surface area contributed by atoms with Gasteiger partial charge in [0.1, 0.15) is 0 Å². The molecule has 0 amide bonds. The van der Waals surface area contributed by atoms with E-state index in [-0.39, 0.29) is 11.3 Å². The molecule has 0 N–H and O–H groups in total. The molecule has 31 heavy (non-hydrogen) atoms. The smallest absolute Gasteiger partial charge is 0.262 e. The lowest BCUT2D eigenvalue weighted by Gasteiger charge is -2.13. The number of hydrogen-bond donors (Lipinski definition) is 0. The molecule has 160 valence electrons. The van der Waals surface area contributed by atoms with Gasteiger partial charge in [0, 0.05) is 17.1 Å². The van der Waals surface area contributed by atoms with E-state index in [0.29, 0.717) is 39.4 Å². The number of Topliss-reactive ketones (excluding diaryl/α,β-unsaturated/α-hetero) is 1. The van der Waals surface area contributed by atoms with Crippen LogP contribution in [-0.2, 0) is 6.54 Å². The largest absolute Gasteiger partial charge is 0.293 e. The maximum absolute atomic E-state index is 13.1. The highest BCUT2D eigenvalue weighted by atomic mass is 35.5. The third-order valence-electron chi connectivity index (χ3n) is 5.17. The van der Waals surface area contributed by atoms with Crippen LogP contribution >= 0.6 is 23.4 Å². The Balaban J connectivity index is 1.79. The lowest BCUT2D eigenvalue weighted by Crippen LogP contribution is -2.24. The summed E-state index contributed by atoms with van der Waals surface area (Å²) in [6, 6.07) is 14.4. The van der Waals surface area contributed by atoms with Gasteiger partial charge in [-0.3, -0.25) is 18.6 Å². The predicted octanol–water partition coefficient (Wildman–Crippen LogP) is 5.11. The van der Waals surface area contributed by atoms with Gasteiger partial charge in [-0.2, -0.15) is 0 Å². The Morgan fingerprint density at radius 3 is 2.61 bits per heavy atom. The summed E-state index contributed by atoms with van der Waals surface area (Å²) in [5.41, 5.74) is 1.22. The first-order valence-electron chi connectivity index (χ1n) is 10.2. The Hall–Kier alpha value is -2.64. The molecule has 2 aromatic heterocycles. The molecule has 6 nitrogen and oxygen atoms in total. The van der Waals surface area contributed by atoms with Crippen LogP contribution in [0.25, 0.3) is 16.7 Å². The van der Waals surface area contributed by atoms with Crippen molar-refractivity contribution in [3.63, 3.8) is 0 Å². The second kappa shape index (κ2) is 8.85. The van der Waals surface area contributed by atoms with Crippen LogP contribution in [0.15, 0.2) is 58.5 Å². The van der Waals surface area contributed by atoms with Crippen LogP contribution in [0.3, 0.4) is 0 Å². The molecule has 2 aromatic carbocycles. The van der Waals surface area contributed by atoms with Crippen LogP contribution in [0.4, 0.5) is 0 Å². The Bertz CT molecular complexity index is 1330. The van der Waals surface area contributed by atoms with E-state index in [0.717, 1.165) is 11.9 Å². The predicted molar refractivity (Wildman–Crippen MR) is 125 cm³/mol. The standard InChI is InChI=1S/C23H23ClN4O2S/c1-14(2)11-12-27-21(30)18-9-4-5-10-19(18)28-22(27)25-26-23(28)31-15(3)20(29)16-7-6-8-17(24)13-16/h4-10,13-15H,11-12H2,1-3H3. The maximum Gasteiger partial charge on any atom is 0.262 e. The quantitative estimate of drug-likeness (QED) is 0.287. The number of halogens is 1. The van der Waals surface area contributed by atoms with Crippen molar-refractivity contribution >= 4 is 45.8 Å². The Morgan fingerprint density at radius 2 is 1.87 bits per heavy atom. The first kappa shape index (κ1) is 21.6. The van der Waals surface area contributed by atoms with Gasteiger partial charge >= 0.3 is 0 Å². The van der Waals surface area contributed by atoms with Gasteiger partial charge in [0.05, 0.1) is 16.2 Å². The van der Waals surface area contributed by atoms with Crippen LogP contribution < -0.4 is 5.56 Å². The van der Waals surface area contributed by atoms with Gasteiger partial charge in [0.25, 0.3) is 5.56 Å². The third-order valence-corrected chi connectivity index (χ3v) is 6.45. The molecule has 0 aliphatic carbocycles. The van der Waals surface area contributed by atoms with E-state index >= 15 is 0 Å². The fourth-order valence-corrected chi connectivity index (χ4v) is 4.61. The number of nitrogens with zero attached hydrogens (tertiary/aromatic N) is 4. The Morgan fingerprint density at radius 1 is 1.10 bits per heavy atom. The average Bonchev–Trinajstić information content (AvgIpc) is 3.16. The van der Waals surface area contributed by atoms with Crippen molar-refractivity contribution in [2.45, 2.75) is 44.1 Å². The monoisotopic (exact) mass is 454 g/mol. The molecule has 1 atom stereocenters. The number of rotatable bonds is 7. The summed E-state index contributed by atoms with van der Waals surface area (Å²) < 4.78 is 3.56. The first-order chi connectivity index (χ1) is 14.9. The maximum atomic E-state index is 13.1. The Kier molecular flexibility index (Phi) is 6.16. The van der Waals surface area contributed by atoms with Gasteiger partial charge < -0.3 is 0 Å². The molecule has 0 aliphatic rings. The van der Waals surface area contributed by atoms with E-state index in [2.05, 4.69) is 24.0 Å². The molecule has 2 heterocycles. The van der Waals surface area contributed by atoms with E-state index < -0.39 is 5.25 Å². The lowest BCUT2D eigenvalue weighted by atomic mass is 10.1. The van der Waals surface area contributed by atoms with E-state index in [1.807, 2.05) is 35.6 Å². The summed E-state index contributed by atoms with van der Waals surface area (Å²) in [4.78, 5) is 26.0. The van der Waals surface area contributed by atoms with E-state index in [4.69, 9.17) is 11.6 Å². The molecule has 0 radical (unpaired) electrons. The zero-order chi connectivity index (χ0) is 22.1. The molecule has 8 heteroatoms. The summed E-state index contributed by atoms with van der Waals surface area (Å²) in [5.74, 6) is 0.904. The van der Waals surface area contributed by atoms with Gasteiger partial charge in [-0.1, -0.05) is 61.5 Å². The van der Waals surface area contributed by atoms with Crippen molar-refractivity contribution in [3.05, 3.63) is 69.5 Å². The van der Waals surface area contributed by atoms with Crippen LogP contribution in [0.5, 0.6) is 0 Å². The second-order valence-electron chi connectivity index (χ2n) is 7.91. The molecule has 0 spiro atoms. The minimum atomic E-state index is -0.402. The van der Waals surface area contributed by atoms with Crippen molar-refractivity contribution in [1.82, 2.24) is 19.2 Å². The molecule has 4 aromatic rings. The average molecular weight is 455 g/mol. The zero-order valence-corrected chi connectivity index (χ0v) is 19.2. The number of benzene rings is 2. The number of aromatic nitrogens is 4. The number of carbonyl (C=O) groups is 1. The van der Waals surface area contributed by atoms with Gasteiger partial charge in [0.15, 0.2) is 10.9 Å². The minimum Gasteiger partial charge on any atom is -0.293 e. The third kappa shape index (κ3) is 4.25. The molecule has 0 saturated carbocycles. The highest BCUT2D eigenvalue weighted by Crippen LogP contribution is 2.27. The fraction of sp³-hybridized carbons (Fsp3) is 0.304. The first-order valence-corrected chi connectivity index (χ1v) is 11.5. The number of thioether (sulfide) groups is 1. The number of ketones is 1. The molecule has 0 aliphatic heterocycles. The normalized spacial score (nSPS) is 12.7. The van der Waals surface area contributed by atoms with Crippen LogP contribution in [-0.4, -0.2) is 30.2 Å². The van der Waals surface area contributed by atoms with Crippen molar-refractivity contribution in [2.75, 3.05) is 0 Å². The highest BCUT2D eigenvalue weighted by molar-refractivity contribution is 8.00. The van der Waals surface area contributed by atoms with Gasteiger partial charge in [-0.05, 0) is 43.5 Å². The number of fused-ring (bicyclic) bond motifs is 3. The van der Waals surface area contributed by atoms with E-state index in [1.165, 1.54) is 11.8 Å². The van der Waals surface area contributed by atoms with Crippen molar-refractivity contribution in [1.29, 1.82) is 0 Å². The summed E-state index contributed by atoms with van der Waals surface area (Å²) >= 11 is 7.37. The molecule has 4 rings (SSSR count). The molecule has 0 fully saturated rings. The number of para-hydroxylation sites is 1. The van der Waals surface area contributed by atoms with Gasteiger partial charge in [-0.15, -0.1) is 10.2 Å². The van der Waals surface area contributed by atoms with Crippen molar-refractivity contribution < 1.29 is 4.79 Å². The summed E-state index contributed by atoms with van der Waals surface area (Å²) in [6.45, 7) is 6.64. The van der Waals surface area contributed by atoms with Crippen LogP contribution in [0, 0.1) is 5.92 Å². The molecule has 0 saturated heterocycles. The van der Waals surface area contributed by atoms with Gasteiger partial charge in [0.2, 0.25) is 5.78 Å². The summed E-state index contributed by atoms with van der Waals surface area (Å²) in [5, 5.41) is 9.98. The molecular formula is C23H23ClN4O2S. The van der Waals surface area contributed by atoms with E-state index in [9.17, 15) is 9.59 Å². The number of hydrogen-bond acceptors (Lipinski definition) is 5. The second-order valence-corrected chi connectivity index (χ2v) is 9.65. The topological polar surface area (TPSA) is 69.3 Å².